The molecule has 6 heteroatoms. The molecule has 26 heavy (non-hydrogen) atoms. The molecular weight excluding hydrogens is 328 g/mol. The van der Waals surface area contributed by atoms with Gasteiger partial charge in [0.25, 0.3) is 5.91 Å². The summed E-state index contributed by atoms with van der Waals surface area (Å²) in [7, 11) is 1.62. The van der Waals surface area contributed by atoms with Gasteiger partial charge in [-0.1, -0.05) is 18.7 Å². The van der Waals surface area contributed by atoms with E-state index in [1.54, 1.807) is 18.0 Å². The summed E-state index contributed by atoms with van der Waals surface area (Å²) in [4.78, 5) is 26.7. The largest absolute Gasteiger partial charge is 0.355 e. The Morgan fingerprint density at radius 2 is 2.00 bits per heavy atom. The minimum atomic E-state index is -0.117. The Labute approximate surface area is 151 Å². The Morgan fingerprint density at radius 3 is 2.81 bits per heavy atom. The van der Waals surface area contributed by atoms with Crippen LogP contribution in [0.15, 0.2) is 48.8 Å². The molecule has 4 rings (SSSR count). The summed E-state index contributed by atoms with van der Waals surface area (Å²) < 4.78 is 0. The second-order valence-corrected chi connectivity index (χ2v) is 6.46. The van der Waals surface area contributed by atoms with Crippen LogP contribution in [0.25, 0.3) is 0 Å². The van der Waals surface area contributed by atoms with Gasteiger partial charge in [-0.2, -0.15) is 0 Å². The van der Waals surface area contributed by atoms with E-state index in [2.05, 4.69) is 22.5 Å². The van der Waals surface area contributed by atoms with Gasteiger partial charge in [0, 0.05) is 24.8 Å². The zero-order valence-electron chi connectivity index (χ0n) is 14.6. The standard InChI is InChI=1S/C20H20N4O2/c1-12-22-16-7-6-13(10-17(16)23-12)11-19(25)24-9-8-14-15(20(26)21-2)4-3-5-18(14)24/h3-7,10,22-23H,1,8-9,11H2,2H3,(H,21,26). The number of fused-ring (bicyclic) bond motifs is 2. The van der Waals surface area contributed by atoms with Crippen molar-refractivity contribution in [2.75, 3.05) is 29.1 Å². The summed E-state index contributed by atoms with van der Waals surface area (Å²) >= 11 is 0. The molecule has 0 radical (unpaired) electrons. The molecule has 2 aliphatic rings. The zero-order chi connectivity index (χ0) is 18.3. The van der Waals surface area contributed by atoms with Crippen LogP contribution >= 0.6 is 0 Å². The summed E-state index contributed by atoms with van der Waals surface area (Å²) in [6.07, 6.45) is 1.01. The van der Waals surface area contributed by atoms with Gasteiger partial charge in [-0.25, -0.2) is 0 Å². The lowest BCUT2D eigenvalue weighted by Gasteiger charge is -2.18. The molecular formula is C20H20N4O2. The molecule has 0 atom stereocenters. The monoisotopic (exact) mass is 348 g/mol. The average Bonchev–Trinajstić information content (AvgIpc) is 3.22. The van der Waals surface area contributed by atoms with Crippen LogP contribution in [0.3, 0.4) is 0 Å². The molecule has 2 heterocycles. The fourth-order valence-electron chi connectivity index (χ4n) is 3.58. The SMILES string of the molecule is C=C1Nc2ccc(CC(=O)N3CCc4c(C(=O)NC)cccc43)cc2N1. The van der Waals surface area contributed by atoms with E-state index in [0.717, 1.165) is 34.0 Å². The second-order valence-electron chi connectivity index (χ2n) is 6.46. The molecule has 0 saturated heterocycles. The lowest BCUT2D eigenvalue weighted by molar-refractivity contribution is -0.117. The summed E-state index contributed by atoms with van der Waals surface area (Å²) in [6.45, 7) is 4.45. The van der Waals surface area contributed by atoms with Crippen molar-refractivity contribution >= 4 is 28.9 Å². The predicted octanol–water partition coefficient (Wildman–Crippen LogP) is 2.49. The van der Waals surface area contributed by atoms with E-state index in [-0.39, 0.29) is 11.8 Å². The highest BCUT2D eigenvalue weighted by molar-refractivity contribution is 6.02. The van der Waals surface area contributed by atoms with Gasteiger partial charge in [0.05, 0.1) is 17.8 Å². The number of nitrogens with zero attached hydrogens (tertiary/aromatic N) is 1. The van der Waals surface area contributed by atoms with Gasteiger partial charge in [-0.3, -0.25) is 9.59 Å². The van der Waals surface area contributed by atoms with Crippen molar-refractivity contribution in [3.05, 3.63) is 65.5 Å². The van der Waals surface area contributed by atoms with Crippen LogP contribution in [-0.4, -0.2) is 25.4 Å². The van der Waals surface area contributed by atoms with Crippen molar-refractivity contribution in [1.82, 2.24) is 5.32 Å². The minimum absolute atomic E-state index is 0.0301. The Morgan fingerprint density at radius 1 is 1.19 bits per heavy atom. The van der Waals surface area contributed by atoms with Crippen molar-refractivity contribution in [2.24, 2.45) is 0 Å². The van der Waals surface area contributed by atoms with Gasteiger partial charge in [0.2, 0.25) is 5.91 Å². The second kappa shape index (κ2) is 6.22. The molecule has 3 N–H and O–H groups in total. The number of hydrogen-bond donors (Lipinski definition) is 3. The zero-order valence-corrected chi connectivity index (χ0v) is 14.6. The number of benzene rings is 2. The molecule has 2 aliphatic heterocycles. The van der Waals surface area contributed by atoms with E-state index in [0.29, 0.717) is 24.9 Å². The Bertz CT molecular complexity index is 935. The third-order valence-electron chi connectivity index (χ3n) is 4.81. The van der Waals surface area contributed by atoms with Crippen molar-refractivity contribution in [1.29, 1.82) is 0 Å². The molecule has 0 unspecified atom stereocenters. The number of nitrogens with one attached hydrogen (secondary N) is 3. The maximum Gasteiger partial charge on any atom is 0.251 e. The summed E-state index contributed by atoms with van der Waals surface area (Å²) in [5, 5.41) is 8.94. The van der Waals surface area contributed by atoms with E-state index >= 15 is 0 Å². The van der Waals surface area contributed by atoms with Gasteiger partial charge < -0.3 is 20.9 Å². The summed E-state index contributed by atoms with van der Waals surface area (Å²) in [5.41, 5.74) is 5.26. The van der Waals surface area contributed by atoms with Gasteiger partial charge >= 0.3 is 0 Å². The third kappa shape index (κ3) is 2.69. The highest BCUT2D eigenvalue weighted by Gasteiger charge is 2.28. The molecule has 0 bridgehead atoms. The van der Waals surface area contributed by atoms with Crippen molar-refractivity contribution in [3.63, 3.8) is 0 Å². The maximum atomic E-state index is 12.9. The number of carbonyl (C=O) groups is 2. The number of carbonyl (C=O) groups excluding carboxylic acids is 2. The van der Waals surface area contributed by atoms with E-state index in [1.165, 1.54) is 0 Å². The van der Waals surface area contributed by atoms with Gasteiger partial charge in [0.15, 0.2) is 0 Å². The van der Waals surface area contributed by atoms with Crippen LogP contribution in [-0.2, 0) is 17.6 Å². The van der Waals surface area contributed by atoms with E-state index < -0.39 is 0 Å². The van der Waals surface area contributed by atoms with Crippen LogP contribution in [0, 0.1) is 0 Å². The minimum Gasteiger partial charge on any atom is -0.355 e. The smallest absolute Gasteiger partial charge is 0.251 e. The van der Waals surface area contributed by atoms with Crippen molar-refractivity contribution in [3.8, 4) is 0 Å². The predicted molar refractivity (Wildman–Crippen MR) is 102 cm³/mol. The Kier molecular flexibility index (Phi) is 3.88. The van der Waals surface area contributed by atoms with Crippen molar-refractivity contribution in [2.45, 2.75) is 12.8 Å². The molecule has 0 fully saturated rings. The molecule has 0 aromatic heterocycles. The lowest BCUT2D eigenvalue weighted by Crippen LogP contribution is -2.30. The van der Waals surface area contributed by atoms with E-state index in [9.17, 15) is 9.59 Å². The molecule has 0 saturated carbocycles. The number of anilines is 3. The molecule has 0 spiro atoms. The molecule has 2 amide bonds. The first kappa shape index (κ1) is 16.2. The average molecular weight is 348 g/mol. The quantitative estimate of drug-likeness (QED) is 0.797. The fourth-order valence-corrected chi connectivity index (χ4v) is 3.58. The Hall–Kier alpha value is -3.28. The molecule has 6 nitrogen and oxygen atoms in total. The molecule has 2 aromatic rings. The molecule has 132 valence electrons. The number of rotatable bonds is 3. The van der Waals surface area contributed by atoms with Crippen LogP contribution in [0.1, 0.15) is 21.5 Å². The number of amides is 2. The van der Waals surface area contributed by atoms with E-state index in [1.807, 2.05) is 30.3 Å². The third-order valence-corrected chi connectivity index (χ3v) is 4.81. The van der Waals surface area contributed by atoms with E-state index in [4.69, 9.17) is 0 Å². The van der Waals surface area contributed by atoms with Crippen LogP contribution in [0.2, 0.25) is 0 Å². The highest BCUT2D eigenvalue weighted by Crippen LogP contribution is 2.33. The first-order chi connectivity index (χ1) is 12.6. The first-order valence-electron chi connectivity index (χ1n) is 8.57. The van der Waals surface area contributed by atoms with Crippen molar-refractivity contribution < 1.29 is 9.59 Å². The van der Waals surface area contributed by atoms with Gasteiger partial charge in [-0.05, 0) is 41.8 Å². The van der Waals surface area contributed by atoms with Crippen LogP contribution < -0.4 is 20.9 Å². The maximum absolute atomic E-state index is 12.9. The fraction of sp³-hybridized carbons (Fsp3) is 0.200. The summed E-state index contributed by atoms with van der Waals surface area (Å²) in [6, 6.07) is 11.4. The Balaban J connectivity index is 1.56. The number of hydrogen-bond acceptors (Lipinski definition) is 4. The summed E-state index contributed by atoms with van der Waals surface area (Å²) in [5.74, 6) is 0.648. The molecule has 2 aromatic carbocycles. The normalized spacial score (nSPS) is 14.3. The van der Waals surface area contributed by atoms with Gasteiger partial charge in [0.1, 0.15) is 5.82 Å². The van der Waals surface area contributed by atoms with Crippen LogP contribution in [0.5, 0.6) is 0 Å². The molecule has 0 aliphatic carbocycles. The topological polar surface area (TPSA) is 73.5 Å². The lowest BCUT2D eigenvalue weighted by atomic mass is 10.0. The van der Waals surface area contributed by atoms with Crippen LogP contribution in [0.4, 0.5) is 17.1 Å². The first-order valence-corrected chi connectivity index (χ1v) is 8.57. The van der Waals surface area contributed by atoms with Gasteiger partial charge in [-0.15, -0.1) is 0 Å². The highest BCUT2D eigenvalue weighted by atomic mass is 16.2.